The normalized spacial score (nSPS) is 12.1. The molecule has 3 nitrogen and oxygen atoms in total. The first-order valence-corrected chi connectivity index (χ1v) is 5.26. The van der Waals surface area contributed by atoms with Crippen LogP contribution in [0.1, 0.15) is 19.8 Å². The molecule has 0 unspecified atom stereocenters. The largest absolute Gasteiger partial charge is 0.290 e. The first-order valence-electron chi connectivity index (χ1n) is 3.79. The molecule has 70 valence electrons. The van der Waals surface area contributed by atoms with Gasteiger partial charge in [0.15, 0.2) is 0 Å². The van der Waals surface area contributed by atoms with Crippen molar-refractivity contribution in [3.05, 3.63) is 24.1 Å². The van der Waals surface area contributed by atoms with Crippen LogP contribution in [0.5, 0.6) is 0 Å². The molecule has 0 rings (SSSR count). The van der Waals surface area contributed by atoms with E-state index in [0.717, 1.165) is 18.2 Å². The van der Waals surface area contributed by atoms with E-state index in [-0.39, 0.29) is 6.61 Å². The Morgan fingerprint density at radius 1 is 1.50 bits per heavy atom. The van der Waals surface area contributed by atoms with Crippen molar-refractivity contribution in [1.82, 2.24) is 0 Å². The second kappa shape index (κ2) is 5.97. The predicted octanol–water partition coefficient (Wildman–Crippen LogP) is 1.83. The molecule has 0 heterocycles. The Balaban J connectivity index is 3.95. The second-order valence-corrected chi connectivity index (χ2v) is 3.72. The molecular formula is C8H14O3S. The first-order chi connectivity index (χ1) is 5.62. The molecule has 4 heteroatoms. The molecule has 12 heavy (non-hydrogen) atoms. The summed E-state index contributed by atoms with van der Waals surface area (Å²) >= 11 is 0. The quantitative estimate of drug-likeness (QED) is 0.474. The van der Waals surface area contributed by atoms with Gasteiger partial charge in [-0.25, -0.2) is 0 Å². The SMILES string of the molecule is C=CCOS(=O)(=O)/C=C/CCC. The average Bonchev–Trinajstić information content (AvgIpc) is 2.01. The Bertz CT molecular complexity index is 239. The molecule has 0 aliphatic rings. The van der Waals surface area contributed by atoms with E-state index in [0.29, 0.717) is 0 Å². The number of unbranched alkanes of at least 4 members (excludes halogenated alkanes) is 1. The summed E-state index contributed by atoms with van der Waals surface area (Å²) < 4.78 is 26.3. The van der Waals surface area contributed by atoms with Crippen molar-refractivity contribution >= 4 is 10.1 Å². The zero-order valence-corrected chi connectivity index (χ0v) is 8.01. The van der Waals surface area contributed by atoms with Crippen LogP contribution in [0.4, 0.5) is 0 Å². The molecule has 0 aromatic rings. The van der Waals surface area contributed by atoms with Crippen molar-refractivity contribution in [2.24, 2.45) is 0 Å². The lowest BCUT2D eigenvalue weighted by Gasteiger charge is -1.95. The molecule has 0 aliphatic carbocycles. The molecule has 0 aromatic heterocycles. The van der Waals surface area contributed by atoms with Gasteiger partial charge in [0.2, 0.25) is 0 Å². The van der Waals surface area contributed by atoms with Crippen LogP contribution in [0.3, 0.4) is 0 Å². The van der Waals surface area contributed by atoms with Crippen LogP contribution in [0.15, 0.2) is 24.1 Å². The third-order valence-corrected chi connectivity index (χ3v) is 2.06. The fourth-order valence-electron chi connectivity index (χ4n) is 0.535. The second-order valence-electron chi connectivity index (χ2n) is 2.23. The maximum absolute atomic E-state index is 10.9. The van der Waals surface area contributed by atoms with Crippen molar-refractivity contribution in [2.75, 3.05) is 6.61 Å². The van der Waals surface area contributed by atoms with Gasteiger partial charge >= 0.3 is 0 Å². The zero-order valence-electron chi connectivity index (χ0n) is 7.19. The van der Waals surface area contributed by atoms with Crippen LogP contribution in [-0.4, -0.2) is 15.0 Å². The third-order valence-electron chi connectivity index (χ3n) is 1.07. The van der Waals surface area contributed by atoms with Crippen LogP contribution in [0.25, 0.3) is 0 Å². The lowest BCUT2D eigenvalue weighted by Crippen LogP contribution is -2.01. The van der Waals surface area contributed by atoms with Crippen molar-refractivity contribution in [3.8, 4) is 0 Å². The van der Waals surface area contributed by atoms with Gasteiger partial charge in [-0.05, 0) is 6.42 Å². The molecule has 0 aromatic carbocycles. The molecule has 0 fully saturated rings. The smallest absolute Gasteiger partial charge is 0.263 e. The van der Waals surface area contributed by atoms with E-state index in [2.05, 4.69) is 10.8 Å². The van der Waals surface area contributed by atoms with Gasteiger partial charge in [-0.15, -0.1) is 6.58 Å². The first kappa shape index (κ1) is 11.4. The maximum atomic E-state index is 10.9. The van der Waals surface area contributed by atoms with Gasteiger partial charge in [0.25, 0.3) is 10.1 Å². The fourth-order valence-corrected chi connectivity index (χ4v) is 1.27. The van der Waals surface area contributed by atoms with Crippen LogP contribution in [-0.2, 0) is 14.3 Å². The predicted molar refractivity (Wildman–Crippen MR) is 49.1 cm³/mol. The summed E-state index contributed by atoms with van der Waals surface area (Å²) in [6.07, 6.45) is 4.65. The molecule has 0 spiro atoms. The van der Waals surface area contributed by atoms with Gasteiger partial charge < -0.3 is 0 Å². The Morgan fingerprint density at radius 3 is 2.67 bits per heavy atom. The number of rotatable bonds is 6. The van der Waals surface area contributed by atoms with Gasteiger partial charge in [-0.3, -0.25) is 4.18 Å². The van der Waals surface area contributed by atoms with Gasteiger partial charge in [-0.1, -0.05) is 25.5 Å². The van der Waals surface area contributed by atoms with Crippen LogP contribution >= 0.6 is 0 Å². The highest BCUT2D eigenvalue weighted by Gasteiger charge is 2.02. The summed E-state index contributed by atoms with van der Waals surface area (Å²) in [7, 11) is -3.47. The molecule has 0 amide bonds. The summed E-state index contributed by atoms with van der Waals surface area (Å²) in [6, 6.07) is 0. The molecule has 0 atom stereocenters. The molecular weight excluding hydrogens is 176 g/mol. The number of hydrogen-bond donors (Lipinski definition) is 0. The molecule has 0 saturated heterocycles. The van der Waals surface area contributed by atoms with E-state index in [4.69, 9.17) is 0 Å². The highest BCUT2D eigenvalue weighted by molar-refractivity contribution is 7.89. The van der Waals surface area contributed by atoms with Crippen LogP contribution in [0.2, 0.25) is 0 Å². The summed E-state index contributed by atoms with van der Waals surface area (Å²) in [5.41, 5.74) is 0. The van der Waals surface area contributed by atoms with E-state index < -0.39 is 10.1 Å². The van der Waals surface area contributed by atoms with Gasteiger partial charge in [-0.2, -0.15) is 8.42 Å². The van der Waals surface area contributed by atoms with Gasteiger partial charge in [0.1, 0.15) is 0 Å². The minimum absolute atomic E-state index is 0.0266. The Morgan fingerprint density at radius 2 is 2.17 bits per heavy atom. The van der Waals surface area contributed by atoms with E-state index in [9.17, 15) is 8.42 Å². The topological polar surface area (TPSA) is 43.4 Å². The monoisotopic (exact) mass is 190 g/mol. The van der Waals surface area contributed by atoms with Crippen LogP contribution < -0.4 is 0 Å². The molecule has 0 aliphatic heterocycles. The standard InChI is InChI=1S/C8H14O3S/c1-3-5-6-8-12(9,10)11-7-4-2/h4,6,8H,2-3,5,7H2,1H3/b8-6+. The Hall–Kier alpha value is -0.610. The highest BCUT2D eigenvalue weighted by atomic mass is 32.2. The van der Waals surface area contributed by atoms with Crippen molar-refractivity contribution < 1.29 is 12.6 Å². The number of allylic oxidation sites excluding steroid dienone is 1. The van der Waals surface area contributed by atoms with E-state index >= 15 is 0 Å². The van der Waals surface area contributed by atoms with Crippen LogP contribution in [0, 0.1) is 0 Å². The van der Waals surface area contributed by atoms with Crippen molar-refractivity contribution in [1.29, 1.82) is 0 Å². The fraction of sp³-hybridized carbons (Fsp3) is 0.500. The van der Waals surface area contributed by atoms with Crippen molar-refractivity contribution in [3.63, 3.8) is 0 Å². The minimum Gasteiger partial charge on any atom is -0.263 e. The Kier molecular flexibility index (Phi) is 5.66. The summed E-state index contributed by atoms with van der Waals surface area (Å²) in [5, 5.41) is 1.08. The molecule has 0 radical (unpaired) electrons. The average molecular weight is 190 g/mol. The van der Waals surface area contributed by atoms with E-state index in [1.807, 2.05) is 6.92 Å². The van der Waals surface area contributed by atoms with E-state index in [1.54, 1.807) is 6.08 Å². The summed E-state index contributed by atoms with van der Waals surface area (Å²) in [5.74, 6) is 0. The lowest BCUT2D eigenvalue weighted by molar-refractivity contribution is 0.364. The Labute approximate surface area is 73.9 Å². The molecule has 0 saturated carbocycles. The number of hydrogen-bond acceptors (Lipinski definition) is 3. The minimum atomic E-state index is -3.47. The third kappa shape index (κ3) is 6.12. The zero-order chi connectivity index (χ0) is 9.45. The highest BCUT2D eigenvalue weighted by Crippen LogP contribution is 1.98. The lowest BCUT2D eigenvalue weighted by atomic mass is 10.3. The molecule has 0 N–H and O–H groups in total. The van der Waals surface area contributed by atoms with Crippen molar-refractivity contribution in [2.45, 2.75) is 19.8 Å². The summed E-state index contributed by atoms with van der Waals surface area (Å²) in [6.45, 7) is 5.35. The molecule has 0 bridgehead atoms. The van der Waals surface area contributed by atoms with Gasteiger partial charge in [0.05, 0.1) is 12.0 Å². The maximum Gasteiger partial charge on any atom is 0.290 e. The summed E-state index contributed by atoms with van der Waals surface area (Å²) in [4.78, 5) is 0. The van der Waals surface area contributed by atoms with Gasteiger partial charge in [0, 0.05) is 0 Å². The van der Waals surface area contributed by atoms with E-state index in [1.165, 1.54) is 6.08 Å².